The lowest BCUT2D eigenvalue weighted by molar-refractivity contribution is 0.0371. The number of aliphatic hydroxyl groups is 2. The van der Waals surface area contributed by atoms with Gasteiger partial charge in [-0.1, -0.05) is 37.1 Å². The van der Waals surface area contributed by atoms with Crippen molar-refractivity contribution < 1.29 is 14.9 Å². The predicted molar refractivity (Wildman–Crippen MR) is 122 cm³/mol. The van der Waals surface area contributed by atoms with Gasteiger partial charge in [0.05, 0.1) is 25.4 Å². The Labute approximate surface area is 183 Å². The van der Waals surface area contributed by atoms with Crippen LogP contribution in [0.2, 0.25) is 0 Å². The molecule has 4 heteroatoms. The zero-order valence-electron chi connectivity index (χ0n) is 18.9. The number of unbranched alkanes of at least 4 members (excludes halogenated alkanes) is 2. The van der Waals surface area contributed by atoms with Gasteiger partial charge in [0.15, 0.2) is 0 Å². The third-order valence-corrected chi connectivity index (χ3v) is 7.24. The summed E-state index contributed by atoms with van der Waals surface area (Å²) in [4.78, 5) is 2.52. The summed E-state index contributed by atoms with van der Waals surface area (Å²) >= 11 is 0. The SMILES string of the molecule is CC#CC[C@@H](C)[C@H](O)C=C[C@@H]1[C@H]2CC(CCCCCN3CCOCC3)=C[C@H]2C[C@H]1O. The molecule has 1 aliphatic heterocycles. The Morgan fingerprint density at radius 2 is 2.07 bits per heavy atom. The van der Waals surface area contributed by atoms with Crippen molar-refractivity contribution in [3.05, 3.63) is 23.8 Å². The minimum atomic E-state index is -0.489. The van der Waals surface area contributed by atoms with Crippen LogP contribution in [0.1, 0.15) is 58.8 Å². The minimum Gasteiger partial charge on any atom is -0.392 e. The first-order valence-corrected chi connectivity index (χ1v) is 12.0. The maximum atomic E-state index is 10.5. The number of hydrogen-bond acceptors (Lipinski definition) is 4. The lowest BCUT2D eigenvalue weighted by atomic mass is 9.88. The Hall–Kier alpha value is -1.12. The number of nitrogens with zero attached hydrogens (tertiary/aromatic N) is 1. The number of allylic oxidation sites excluding steroid dienone is 2. The van der Waals surface area contributed by atoms with Gasteiger partial charge in [0.25, 0.3) is 0 Å². The Morgan fingerprint density at radius 3 is 2.83 bits per heavy atom. The Balaban J connectivity index is 1.38. The fraction of sp³-hybridized carbons (Fsp3) is 0.769. The molecule has 2 N–H and O–H groups in total. The number of ether oxygens (including phenoxy) is 1. The quantitative estimate of drug-likeness (QED) is 0.324. The van der Waals surface area contributed by atoms with Crippen molar-refractivity contribution in [2.24, 2.45) is 23.7 Å². The van der Waals surface area contributed by atoms with Gasteiger partial charge >= 0.3 is 0 Å². The van der Waals surface area contributed by atoms with E-state index in [0.717, 1.165) is 39.1 Å². The summed E-state index contributed by atoms with van der Waals surface area (Å²) in [7, 11) is 0. The zero-order chi connectivity index (χ0) is 21.3. The molecule has 0 aromatic rings. The number of aliphatic hydroxyl groups excluding tert-OH is 2. The third kappa shape index (κ3) is 6.69. The van der Waals surface area contributed by atoms with Crippen molar-refractivity contribution in [1.29, 1.82) is 0 Å². The second kappa shape index (κ2) is 12.1. The molecular formula is C26H41NO3. The van der Waals surface area contributed by atoms with E-state index in [4.69, 9.17) is 4.74 Å². The second-order valence-electron chi connectivity index (χ2n) is 9.49. The van der Waals surface area contributed by atoms with Crippen LogP contribution in [0.3, 0.4) is 0 Å². The summed E-state index contributed by atoms with van der Waals surface area (Å²) in [6.45, 7) is 9.02. The number of morpholine rings is 1. The van der Waals surface area contributed by atoms with Crippen LogP contribution in [0.5, 0.6) is 0 Å². The molecule has 1 heterocycles. The maximum Gasteiger partial charge on any atom is 0.0755 e. The lowest BCUT2D eigenvalue weighted by Crippen LogP contribution is -2.36. The molecule has 6 atom stereocenters. The molecule has 1 saturated carbocycles. The number of hydrogen-bond donors (Lipinski definition) is 2. The number of fused-ring (bicyclic) bond motifs is 1. The minimum absolute atomic E-state index is 0.123. The van der Waals surface area contributed by atoms with Gasteiger partial charge in [0, 0.05) is 25.4 Å². The topological polar surface area (TPSA) is 52.9 Å². The fourth-order valence-corrected chi connectivity index (χ4v) is 5.30. The highest BCUT2D eigenvalue weighted by atomic mass is 16.5. The van der Waals surface area contributed by atoms with E-state index in [9.17, 15) is 10.2 Å². The molecule has 4 nitrogen and oxygen atoms in total. The molecule has 0 radical (unpaired) electrons. The average molecular weight is 416 g/mol. The van der Waals surface area contributed by atoms with Crippen LogP contribution in [0.15, 0.2) is 23.8 Å². The Bertz CT molecular complexity index is 640. The first-order chi connectivity index (χ1) is 14.6. The molecule has 0 aromatic heterocycles. The summed E-state index contributed by atoms with van der Waals surface area (Å²) in [5, 5.41) is 20.9. The molecular weight excluding hydrogens is 374 g/mol. The molecule has 30 heavy (non-hydrogen) atoms. The maximum absolute atomic E-state index is 10.5. The van der Waals surface area contributed by atoms with E-state index in [0.29, 0.717) is 18.3 Å². The molecule has 168 valence electrons. The predicted octanol–water partition coefficient (Wildman–Crippen LogP) is 3.79. The first-order valence-electron chi connectivity index (χ1n) is 12.0. The summed E-state index contributed by atoms with van der Waals surface area (Å²) < 4.78 is 5.41. The van der Waals surface area contributed by atoms with Gasteiger partial charge in [0.1, 0.15) is 0 Å². The molecule has 0 amide bonds. The lowest BCUT2D eigenvalue weighted by Gasteiger charge is -2.26. The van der Waals surface area contributed by atoms with Crippen LogP contribution in [0, 0.1) is 35.5 Å². The third-order valence-electron chi connectivity index (χ3n) is 7.24. The molecule has 2 aliphatic carbocycles. The zero-order valence-corrected chi connectivity index (χ0v) is 18.9. The van der Waals surface area contributed by atoms with Crippen LogP contribution >= 0.6 is 0 Å². The highest BCUT2D eigenvalue weighted by molar-refractivity contribution is 5.21. The normalized spacial score (nSPS) is 31.3. The molecule has 0 unspecified atom stereocenters. The molecule has 1 saturated heterocycles. The van der Waals surface area contributed by atoms with E-state index in [1.807, 2.05) is 19.9 Å². The van der Waals surface area contributed by atoms with Crippen molar-refractivity contribution in [2.75, 3.05) is 32.8 Å². The summed E-state index contributed by atoms with van der Waals surface area (Å²) in [5.74, 6) is 7.26. The van der Waals surface area contributed by atoms with Crippen molar-refractivity contribution in [1.82, 2.24) is 4.90 Å². The standard InChI is InChI=1S/C26H41NO3/c1-3-4-8-20(2)25(28)11-10-23-24-18-21(17-22(24)19-26(23)29)9-6-5-7-12-27-13-15-30-16-14-27/h10-11,17,20,22-26,28-29H,5-9,12-16,18-19H2,1-2H3/t20-,22+,23-,24+,25-,26-/m1/s1. The van der Waals surface area contributed by atoms with Gasteiger partial charge in [-0.2, -0.15) is 0 Å². The summed E-state index contributed by atoms with van der Waals surface area (Å²) in [6.07, 6.45) is 13.4. The average Bonchev–Trinajstić information content (AvgIpc) is 3.27. The van der Waals surface area contributed by atoms with E-state index in [2.05, 4.69) is 28.9 Å². The second-order valence-corrected chi connectivity index (χ2v) is 9.49. The molecule has 3 aliphatic rings. The van der Waals surface area contributed by atoms with Gasteiger partial charge in [-0.3, -0.25) is 4.90 Å². The van der Waals surface area contributed by atoms with Gasteiger partial charge in [-0.15, -0.1) is 11.8 Å². The number of rotatable bonds is 10. The Kier molecular flexibility index (Phi) is 9.46. The molecule has 0 bridgehead atoms. The van der Waals surface area contributed by atoms with E-state index < -0.39 is 6.10 Å². The smallest absolute Gasteiger partial charge is 0.0755 e. The molecule has 0 aromatic carbocycles. The molecule has 0 spiro atoms. The Morgan fingerprint density at radius 1 is 1.27 bits per heavy atom. The molecule has 3 rings (SSSR count). The van der Waals surface area contributed by atoms with Gasteiger partial charge in [-0.25, -0.2) is 0 Å². The fourth-order valence-electron chi connectivity index (χ4n) is 5.30. The van der Waals surface area contributed by atoms with E-state index >= 15 is 0 Å². The van der Waals surface area contributed by atoms with Crippen LogP contribution in [-0.2, 0) is 4.74 Å². The van der Waals surface area contributed by atoms with E-state index in [1.54, 1.807) is 5.57 Å². The van der Waals surface area contributed by atoms with Crippen LogP contribution < -0.4 is 0 Å². The van der Waals surface area contributed by atoms with Gasteiger partial charge in [0.2, 0.25) is 0 Å². The van der Waals surface area contributed by atoms with Gasteiger partial charge < -0.3 is 14.9 Å². The monoisotopic (exact) mass is 415 g/mol. The molecule has 2 fully saturated rings. The van der Waals surface area contributed by atoms with E-state index in [1.165, 1.54) is 32.2 Å². The van der Waals surface area contributed by atoms with Crippen LogP contribution in [0.25, 0.3) is 0 Å². The van der Waals surface area contributed by atoms with Crippen LogP contribution in [-0.4, -0.2) is 60.2 Å². The highest BCUT2D eigenvalue weighted by Gasteiger charge is 2.43. The van der Waals surface area contributed by atoms with Crippen molar-refractivity contribution in [2.45, 2.75) is 71.0 Å². The van der Waals surface area contributed by atoms with Gasteiger partial charge in [-0.05, 0) is 63.3 Å². The first kappa shape index (κ1) is 23.5. The van der Waals surface area contributed by atoms with Crippen molar-refractivity contribution >= 4 is 0 Å². The van der Waals surface area contributed by atoms with Crippen molar-refractivity contribution in [3.63, 3.8) is 0 Å². The van der Waals surface area contributed by atoms with Crippen molar-refractivity contribution in [3.8, 4) is 11.8 Å². The van der Waals surface area contributed by atoms with Crippen LogP contribution in [0.4, 0.5) is 0 Å². The summed E-state index contributed by atoms with van der Waals surface area (Å²) in [6, 6.07) is 0. The summed E-state index contributed by atoms with van der Waals surface area (Å²) in [5.41, 5.74) is 1.59. The van der Waals surface area contributed by atoms with E-state index in [-0.39, 0.29) is 17.9 Å². The largest absolute Gasteiger partial charge is 0.392 e. The highest BCUT2D eigenvalue weighted by Crippen LogP contribution is 2.48.